The third-order valence-electron chi connectivity index (χ3n) is 5.53. The molecule has 0 spiro atoms. The van der Waals surface area contributed by atoms with Gasteiger partial charge in [-0.25, -0.2) is 9.97 Å². The number of carbonyl (C=O) groups is 1. The number of aromatic nitrogens is 2. The largest absolute Gasteiger partial charge is 0.497 e. The molecule has 35 heavy (non-hydrogen) atoms. The van der Waals surface area contributed by atoms with Gasteiger partial charge in [-0.15, -0.1) is 0 Å². The number of hydrogen-bond donors (Lipinski definition) is 2. The van der Waals surface area contributed by atoms with E-state index in [-0.39, 0.29) is 5.91 Å². The summed E-state index contributed by atoms with van der Waals surface area (Å²) in [6.45, 7) is 3.83. The molecule has 3 aromatic carbocycles. The maximum atomic E-state index is 12.8. The highest BCUT2D eigenvalue weighted by Gasteiger charge is 2.15. The number of nitrogens with one attached hydrogen (secondary N) is 2. The highest BCUT2D eigenvalue weighted by atomic mass is 16.5. The van der Waals surface area contributed by atoms with Crippen molar-refractivity contribution in [2.75, 3.05) is 39.0 Å². The lowest BCUT2D eigenvalue weighted by Crippen LogP contribution is -2.12. The van der Waals surface area contributed by atoms with E-state index in [1.165, 1.54) is 0 Å². The molecule has 4 aromatic rings. The molecule has 4 rings (SSSR count). The fourth-order valence-corrected chi connectivity index (χ4v) is 3.66. The van der Waals surface area contributed by atoms with Gasteiger partial charge in [0.05, 0.1) is 32.5 Å². The Morgan fingerprint density at radius 1 is 0.886 bits per heavy atom. The topological polar surface area (TPSA) is 94.6 Å². The fraction of sp³-hybridized carbons (Fsp3) is 0.148. The molecule has 0 aliphatic carbocycles. The summed E-state index contributed by atoms with van der Waals surface area (Å²) in [5.74, 6) is 1.93. The van der Waals surface area contributed by atoms with Crippen molar-refractivity contribution in [3.8, 4) is 22.8 Å². The zero-order chi connectivity index (χ0) is 24.9. The second-order valence-electron chi connectivity index (χ2n) is 7.61. The van der Waals surface area contributed by atoms with Gasteiger partial charge in [0.25, 0.3) is 5.91 Å². The Morgan fingerprint density at radius 2 is 1.57 bits per heavy atom. The molecule has 0 radical (unpaired) electrons. The van der Waals surface area contributed by atoms with Gasteiger partial charge in [0.1, 0.15) is 5.76 Å². The monoisotopic (exact) mass is 470 g/mol. The van der Waals surface area contributed by atoms with Crippen LogP contribution in [-0.4, -0.2) is 44.3 Å². The van der Waals surface area contributed by atoms with Crippen molar-refractivity contribution in [1.29, 1.82) is 0 Å². The van der Waals surface area contributed by atoms with E-state index in [1.54, 1.807) is 52.6 Å². The lowest BCUT2D eigenvalue weighted by molar-refractivity contribution is 0.102. The molecule has 0 saturated heterocycles. The Hall–Kier alpha value is -4.59. The number of ether oxygens (including phenoxy) is 3. The minimum atomic E-state index is -0.230. The number of rotatable bonds is 8. The SMILES string of the molecule is C=C(OC)c1ccc(C(=O)Nc2cccc(-c3nc(NC)nc4cc(OC)c(OC)cc34)c2)cc1. The van der Waals surface area contributed by atoms with Gasteiger partial charge in [-0.3, -0.25) is 4.79 Å². The molecule has 0 unspecified atom stereocenters. The van der Waals surface area contributed by atoms with E-state index in [0.717, 1.165) is 16.5 Å². The average molecular weight is 471 g/mol. The maximum absolute atomic E-state index is 12.8. The summed E-state index contributed by atoms with van der Waals surface area (Å²) >= 11 is 0. The van der Waals surface area contributed by atoms with Crippen LogP contribution in [0.2, 0.25) is 0 Å². The first-order valence-electron chi connectivity index (χ1n) is 10.8. The molecule has 1 heterocycles. The summed E-state index contributed by atoms with van der Waals surface area (Å²) in [6.07, 6.45) is 0. The molecule has 8 nitrogen and oxygen atoms in total. The normalized spacial score (nSPS) is 10.5. The van der Waals surface area contributed by atoms with Crippen molar-refractivity contribution in [1.82, 2.24) is 9.97 Å². The minimum absolute atomic E-state index is 0.230. The van der Waals surface area contributed by atoms with Crippen LogP contribution in [0.3, 0.4) is 0 Å². The second kappa shape index (κ2) is 10.1. The van der Waals surface area contributed by atoms with Crippen molar-refractivity contribution in [2.45, 2.75) is 0 Å². The maximum Gasteiger partial charge on any atom is 0.255 e. The van der Waals surface area contributed by atoms with Gasteiger partial charge in [0.2, 0.25) is 5.95 Å². The molecule has 0 bridgehead atoms. The third-order valence-corrected chi connectivity index (χ3v) is 5.53. The number of methoxy groups -OCH3 is 3. The minimum Gasteiger partial charge on any atom is -0.497 e. The predicted octanol–water partition coefficient (Wildman–Crippen LogP) is 5.23. The fourth-order valence-electron chi connectivity index (χ4n) is 3.66. The van der Waals surface area contributed by atoms with E-state index in [9.17, 15) is 4.79 Å². The molecular weight excluding hydrogens is 444 g/mol. The van der Waals surface area contributed by atoms with Gasteiger partial charge in [-0.1, -0.05) is 30.8 Å². The molecule has 0 aliphatic rings. The highest BCUT2D eigenvalue weighted by molar-refractivity contribution is 6.05. The lowest BCUT2D eigenvalue weighted by Gasteiger charge is -2.13. The van der Waals surface area contributed by atoms with E-state index in [1.807, 2.05) is 36.4 Å². The van der Waals surface area contributed by atoms with E-state index in [2.05, 4.69) is 27.2 Å². The quantitative estimate of drug-likeness (QED) is 0.341. The lowest BCUT2D eigenvalue weighted by atomic mass is 10.0. The molecule has 2 N–H and O–H groups in total. The second-order valence-corrected chi connectivity index (χ2v) is 7.61. The number of hydrogen-bond acceptors (Lipinski definition) is 7. The first kappa shape index (κ1) is 23.6. The summed E-state index contributed by atoms with van der Waals surface area (Å²) in [7, 11) is 6.48. The van der Waals surface area contributed by atoms with Crippen molar-refractivity contribution >= 4 is 34.2 Å². The Labute approximate surface area is 203 Å². The molecule has 0 aliphatic heterocycles. The van der Waals surface area contributed by atoms with E-state index in [0.29, 0.717) is 45.7 Å². The summed E-state index contributed by atoms with van der Waals surface area (Å²) in [5.41, 5.74) is 4.17. The molecule has 178 valence electrons. The molecule has 0 fully saturated rings. The number of benzene rings is 3. The van der Waals surface area contributed by atoms with Crippen LogP contribution in [0.15, 0.2) is 67.2 Å². The summed E-state index contributed by atoms with van der Waals surface area (Å²) in [4.78, 5) is 22.1. The Bertz CT molecular complexity index is 1400. The van der Waals surface area contributed by atoms with Crippen LogP contribution in [0.5, 0.6) is 11.5 Å². The van der Waals surface area contributed by atoms with Crippen molar-refractivity contribution in [3.05, 3.63) is 78.4 Å². The molecular formula is C27H26N4O4. The van der Waals surface area contributed by atoms with Crippen molar-refractivity contribution in [3.63, 3.8) is 0 Å². The van der Waals surface area contributed by atoms with Crippen LogP contribution >= 0.6 is 0 Å². The average Bonchev–Trinajstić information content (AvgIpc) is 2.91. The van der Waals surface area contributed by atoms with Gasteiger partial charge in [0.15, 0.2) is 11.5 Å². The van der Waals surface area contributed by atoms with Crippen LogP contribution in [0.4, 0.5) is 11.6 Å². The summed E-state index contributed by atoms with van der Waals surface area (Å²) < 4.78 is 16.0. The highest BCUT2D eigenvalue weighted by Crippen LogP contribution is 2.36. The summed E-state index contributed by atoms with van der Waals surface area (Å²) in [5, 5.41) is 6.74. The van der Waals surface area contributed by atoms with E-state index < -0.39 is 0 Å². The zero-order valence-corrected chi connectivity index (χ0v) is 20.0. The molecule has 0 atom stereocenters. The van der Waals surface area contributed by atoms with Crippen molar-refractivity contribution in [2.24, 2.45) is 0 Å². The van der Waals surface area contributed by atoms with Gasteiger partial charge in [0, 0.05) is 40.9 Å². The van der Waals surface area contributed by atoms with E-state index in [4.69, 9.17) is 14.2 Å². The molecule has 0 saturated carbocycles. The number of carbonyl (C=O) groups excluding carboxylic acids is 1. The number of nitrogens with zero attached hydrogens (tertiary/aromatic N) is 2. The zero-order valence-electron chi connectivity index (χ0n) is 20.0. The first-order valence-corrected chi connectivity index (χ1v) is 10.8. The van der Waals surface area contributed by atoms with Crippen LogP contribution in [0, 0.1) is 0 Å². The van der Waals surface area contributed by atoms with Crippen LogP contribution in [0.25, 0.3) is 27.9 Å². The molecule has 8 heteroatoms. The Kier molecular flexibility index (Phi) is 6.82. The van der Waals surface area contributed by atoms with E-state index >= 15 is 0 Å². The number of anilines is 2. The van der Waals surface area contributed by atoms with Gasteiger partial charge in [-0.05, 0) is 30.3 Å². The van der Waals surface area contributed by atoms with Crippen molar-refractivity contribution < 1.29 is 19.0 Å². The van der Waals surface area contributed by atoms with Gasteiger partial charge in [-0.2, -0.15) is 0 Å². The van der Waals surface area contributed by atoms with Gasteiger partial charge < -0.3 is 24.8 Å². The van der Waals surface area contributed by atoms with Crippen LogP contribution < -0.4 is 20.1 Å². The molecule has 1 amide bonds. The third kappa shape index (κ3) is 4.86. The Morgan fingerprint density at radius 3 is 2.23 bits per heavy atom. The van der Waals surface area contributed by atoms with Gasteiger partial charge >= 0.3 is 0 Å². The molecule has 1 aromatic heterocycles. The van der Waals surface area contributed by atoms with Crippen LogP contribution in [0.1, 0.15) is 15.9 Å². The predicted molar refractivity (Wildman–Crippen MR) is 138 cm³/mol. The smallest absolute Gasteiger partial charge is 0.255 e. The summed E-state index contributed by atoms with van der Waals surface area (Å²) in [6, 6.07) is 18.2. The first-order chi connectivity index (χ1) is 17.0. The number of fused-ring (bicyclic) bond motifs is 1. The van der Waals surface area contributed by atoms with Crippen LogP contribution in [-0.2, 0) is 4.74 Å². The number of amides is 1. The Balaban J connectivity index is 1.69. The standard InChI is InChI=1S/C27H26N4O4/c1-16(33-3)17-9-11-18(12-10-17)26(32)29-20-8-6-7-19(13-20)25-21-14-23(34-4)24(35-5)15-22(21)30-27(28-2)31-25/h6-15H,1H2,2-5H3,(H,29,32)(H,28,30,31).